The molecule has 0 unspecified atom stereocenters. The predicted octanol–water partition coefficient (Wildman–Crippen LogP) is 4.42. The zero-order valence-corrected chi connectivity index (χ0v) is 11.1. The lowest BCUT2D eigenvalue weighted by atomic mass is 9.89. The highest BCUT2D eigenvalue weighted by molar-refractivity contribution is 9.10. The van der Waals surface area contributed by atoms with Crippen LogP contribution in [0, 0.1) is 5.41 Å². The van der Waals surface area contributed by atoms with E-state index in [0.29, 0.717) is 5.76 Å². The average molecular weight is 281 g/mol. The standard InChI is InChI=1S/C13H13BrO2/c1-13(2,3)12(15)11-7-8-9(14)5-4-6-10(8)16-11/h4-7H,1-3H3. The van der Waals surface area contributed by atoms with E-state index in [-0.39, 0.29) is 5.78 Å². The average Bonchev–Trinajstić information content (AvgIpc) is 2.60. The lowest BCUT2D eigenvalue weighted by molar-refractivity contribution is 0.0831. The molecule has 84 valence electrons. The molecule has 0 aliphatic carbocycles. The van der Waals surface area contributed by atoms with Crippen molar-refractivity contribution in [3.63, 3.8) is 0 Å². The van der Waals surface area contributed by atoms with E-state index >= 15 is 0 Å². The largest absolute Gasteiger partial charge is 0.453 e. The summed E-state index contributed by atoms with van der Waals surface area (Å²) >= 11 is 3.44. The van der Waals surface area contributed by atoms with Crippen LogP contribution < -0.4 is 0 Å². The normalized spacial score (nSPS) is 12.0. The number of benzene rings is 1. The molecule has 0 saturated heterocycles. The van der Waals surface area contributed by atoms with Gasteiger partial charge < -0.3 is 4.42 Å². The van der Waals surface area contributed by atoms with E-state index in [4.69, 9.17) is 4.42 Å². The first kappa shape index (κ1) is 11.4. The van der Waals surface area contributed by atoms with Crippen molar-refractivity contribution in [2.24, 2.45) is 5.41 Å². The third kappa shape index (κ3) is 1.92. The lowest BCUT2D eigenvalue weighted by Gasteiger charge is -2.13. The van der Waals surface area contributed by atoms with Gasteiger partial charge in [0.2, 0.25) is 5.78 Å². The number of carbonyl (C=O) groups excluding carboxylic acids is 1. The van der Waals surface area contributed by atoms with Crippen LogP contribution >= 0.6 is 15.9 Å². The van der Waals surface area contributed by atoms with Gasteiger partial charge in [-0.25, -0.2) is 0 Å². The van der Waals surface area contributed by atoms with Crippen molar-refractivity contribution in [3.05, 3.63) is 34.5 Å². The van der Waals surface area contributed by atoms with E-state index < -0.39 is 5.41 Å². The van der Waals surface area contributed by atoms with Gasteiger partial charge in [0.25, 0.3) is 0 Å². The SMILES string of the molecule is CC(C)(C)C(=O)c1cc2c(Br)cccc2o1. The van der Waals surface area contributed by atoms with Crippen molar-refractivity contribution in [3.8, 4) is 0 Å². The van der Waals surface area contributed by atoms with Crippen LogP contribution in [0.2, 0.25) is 0 Å². The third-order valence-electron chi connectivity index (χ3n) is 2.41. The summed E-state index contributed by atoms with van der Waals surface area (Å²) in [5.41, 5.74) is 0.322. The van der Waals surface area contributed by atoms with E-state index in [1.807, 2.05) is 39.0 Å². The summed E-state index contributed by atoms with van der Waals surface area (Å²) in [6.07, 6.45) is 0. The summed E-state index contributed by atoms with van der Waals surface area (Å²) in [7, 11) is 0. The summed E-state index contributed by atoms with van der Waals surface area (Å²) in [6, 6.07) is 7.48. The van der Waals surface area contributed by atoms with E-state index in [9.17, 15) is 4.79 Å². The van der Waals surface area contributed by atoms with Crippen LogP contribution in [-0.4, -0.2) is 5.78 Å². The minimum atomic E-state index is -0.416. The number of hydrogen-bond donors (Lipinski definition) is 0. The molecule has 2 nitrogen and oxygen atoms in total. The maximum Gasteiger partial charge on any atom is 0.203 e. The van der Waals surface area contributed by atoms with Gasteiger partial charge in [0, 0.05) is 15.3 Å². The van der Waals surface area contributed by atoms with E-state index in [0.717, 1.165) is 15.4 Å². The highest BCUT2D eigenvalue weighted by Crippen LogP contribution is 2.30. The Balaban J connectivity index is 2.56. The van der Waals surface area contributed by atoms with Crippen LogP contribution in [0.4, 0.5) is 0 Å². The molecule has 3 heteroatoms. The zero-order chi connectivity index (χ0) is 11.9. The second-order valence-corrected chi connectivity index (χ2v) is 5.70. The van der Waals surface area contributed by atoms with Crippen LogP contribution in [0.1, 0.15) is 31.3 Å². The van der Waals surface area contributed by atoms with Crippen LogP contribution in [-0.2, 0) is 0 Å². The number of rotatable bonds is 1. The number of Topliss-reactive ketones (excluding diaryl/α,β-unsaturated/α-hetero) is 1. The topological polar surface area (TPSA) is 30.2 Å². The number of carbonyl (C=O) groups is 1. The summed E-state index contributed by atoms with van der Waals surface area (Å²) in [5, 5.41) is 0.940. The van der Waals surface area contributed by atoms with Crippen LogP contribution in [0.25, 0.3) is 11.0 Å². The Morgan fingerprint density at radius 1 is 1.31 bits per heavy atom. The molecule has 0 N–H and O–H groups in total. The molecule has 0 atom stereocenters. The Bertz CT molecular complexity index is 547. The molecule has 1 aromatic heterocycles. The molecular formula is C13H13BrO2. The monoisotopic (exact) mass is 280 g/mol. The summed E-state index contributed by atoms with van der Waals surface area (Å²) in [6.45, 7) is 5.66. The van der Waals surface area contributed by atoms with Gasteiger partial charge in [-0.1, -0.05) is 42.8 Å². The lowest BCUT2D eigenvalue weighted by Crippen LogP contribution is -2.19. The number of hydrogen-bond acceptors (Lipinski definition) is 2. The molecule has 0 aliphatic rings. The number of halogens is 1. The molecule has 1 heterocycles. The second-order valence-electron chi connectivity index (χ2n) is 4.84. The Kier molecular flexibility index (Phi) is 2.66. The first-order chi connectivity index (χ1) is 7.39. The van der Waals surface area contributed by atoms with Crippen molar-refractivity contribution in [2.45, 2.75) is 20.8 Å². The van der Waals surface area contributed by atoms with Crippen molar-refractivity contribution in [2.75, 3.05) is 0 Å². The van der Waals surface area contributed by atoms with Crippen molar-refractivity contribution in [1.82, 2.24) is 0 Å². The van der Waals surface area contributed by atoms with Gasteiger partial charge in [-0.3, -0.25) is 4.79 Å². The predicted molar refractivity (Wildman–Crippen MR) is 67.7 cm³/mol. The fourth-order valence-electron chi connectivity index (χ4n) is 1.51. The molecule has 0 amide bonds. The molecule has 0 bridgehead atoms. The Morgan fingerprint density at radius 3 is 2.56 bits per heavy atom. The first-order valence-corrected chi connectivity index (χ1v) is 5.92. The van der Waals surface area contributed by atoms with Crippen LogP contribution in [0.3, 0.4) is 0 Å². The maximum atomic E-state index is 12.0. The van der Waals surface area contributed by atoms with E-state index in [2.05, 4.69) is 15.9 Å². The molecular weight excluding hydrogens is 268 g/mol. The van der Waals surface area contributed by atoms with Crippen molar-refractivity contribution < 1.29 is 9.21 Å². The summed E-state index contributed by atoms with van der Waals surface area (Å²) in [5.74, 6) is 0.449. The van der Waals surface area contributed by atoms with E-state index in [1.165, 1.54) is 0 Å². The molecule has 0 spiro atoms. The van der Waals surface area contributed by atoms with E-state index in [1.54, 1.807) is 6.07 Å². The number of ketones is 1. The second kappa shape index (κ2) is 3.74. The van der Waals surface area contributed by atoms with Crippen LogP contribution in [0.5, 0.6) is 0 Å². The van der Waals surface area contributed by atoms with Gasteiger partial charge in [-0.15, -0.1) is 0 Å². The van der Waals surface area contributed by atoms with Crippen molar-refractivity contribution in [1.29, 1.82) is 0 Å². The van der Waals surface area contributed by atoms with Gasteiger partial charge in [0.05, 0.1) is 0 Å². The molecule has 2 aromatic rings. The molecule has 1 aromatic carbocycles. The minimum Gasteiger partial charge on any atom is -0.453 e. The molecule has 16 heavy (non-hydrogen) atoms. The maximum absolute atomic E-state index is 12.0. The highest BCUT2D eigenvalue weighted by atomic mass is 79.9. The summed E-state index contributed by atoms with van der Waals surface area (Å²) < 4.78 is 6.50. The first-order valence-electron chi connectivity index (χ1n) is 5.12. The molecule has 0 aliphatic heterocycles. The quantitative estimate of drug-likeness (QED) is 0.724. The number of fused-ring (bicyclic) bond motifs is 1. The Morgan fingerprint density at radius 2 is 2.00 bits per heavy atom. The zero-order valence-electron chi connectivity index (χ0n) is 9.50. The smallest absolute Gasteiger partial charge is 0.203 e. The highest BCUT2D eigenvalue weighted by Gasteiger charge is 2.26. The Labute approximate surface area is 103 Å². The molecule has 0 saturated carbocycles. The van der Waals surface area contributed by atoms with Gasteiger partial charge in [-0.05, 0) is 18.2 Å². The fraction of sp³-hybridized carbons (Fsp3) is 0.308. The number of furan rings is 1. The third-order valence-corrected chi connectivity index (χ3v) is 3.10. The Hall–Kier alpha value is -1.09. The van der Waals surface area contributed by atoms with Crippen molar-refractivity contribution >= 4 is 32.7 Å². The fourth-order valence-corrected chi connectivity index (χ4v) is 1.97. The minimum absolute atomic E-state index is 0.0237. The van der Waals surface area contributed by atoms with Gasteiger partial charge in [0.1, 0.15) is 5.58 Å². The van der Waals surface area contributed by atoms with Crippen LogP contribution in [0.15, 0.2) is 33.2 Å². The molecule has 0 fully saturated rings. The van der Waals surface area contributed by atoms with Gasteiger partial charge >= 0.3 is 0 Å². The summed E-state index contributed by atoms with van der Waals surface area (Å²) in [4.78, 5) is 12.0. The molecule has 2 rings (SSSR count). The molecule has 0 radical (unpaired) electrons. The van der Waals surface area contributed by atoms with Gasteiger partial charge in [-0.2, -0.15) is 0 Å². The van der Waals surface area contributed by atoms with Gasteiger partial charge in [0.15, 0.2) is 5.76 Å².